The Kier molecular flexibility index (Phi) is 5.68. The van der Waals surface area contributed by atoms with Crippen LogP contribution in [0.4, 0.5) is 11.5 Å². The molecule has 4 rings (SSSR count). The van der Waals surface area contributed by atoms with Gasteiger partial charge < -0.3 is 10.6 Å². The summed E-state index contributed by atoms with van der Waals surface area (Å²) in [6.07, 6.45) is 0.602. The van der Waals surface area contributed by atoms with Crippen LogP contribution in [0.2, 0.25) is 0 Å². The molecule has 158 valence electrons. The maximum Gasteiger partial charge on any atom is 0.330 e. The number of nitrogens with one attached hydrogen (secondary N) is 1. The van der Waals surface area contributed by atoms with Crippen molar-refractivity contribution >= 4 is 39.0 Å². The summed E-state index contributed by atoms with van der Waals surface area (Å²) in [4.78, 5) is 46.5. The highest BCUT2D eigenvalue weighted by Gasteiger charge is 2.25. The monoisotopic (exact) mass is 435 g/mol. The number of nitrogens with zero attached hydrogens (tertiary/aromatic N) is 3. The quantitative estimate of drug-likeness (QED) is 0.483. The van der Waals surface area contributed by atoms with Crippen LogP contribution >= 0.6 is 11.3 Å². The summed E-state index contributed by atoms with van der Waals surface area (Å²) in [6.45, 7) is 2.35. The molecule has 1 amide bonds. The maximum atomic E-state index is 13.4. The fraction of sp³-hybridized carbons (Fsp3) is 0.182. The largest absolute Gasteiger partial charge is 0.383 e. The lowest BCUT2D eigenvalue weighted by molar-refractivity contribution is 0.0986. The number of carbonyl (C=O) groups excluding carboxylic acids is 1. The first-order valence-electron chi connectivity index (χ1n) is 9.81. The van der Waals surface area contributed by atoms with Crippen molar-refractivity contribution in [3.05, 3.63) is 86.0 Å². The summed E-state index contributed by atoms with van der Waals surface area (Å²) in [7, 11) is 0. The molecule has 0 aliphatic heterocycles. The maximum absolute atomic E-state index is 13.4. The van der Waals surface area contributed by atoms with Crippen molar-refractivity contribution < 1.29 is 4.79 Å². The average molecular weight is 436 g/mol. The molecule has 2 heterocycles. The molecule has 4 aromatic rings. The number of carbonyl (C=O) groups is 1. The first kappa shape index (κ1) is 20.5. The first-order chi connectivity index (χ1) is 15.0. The third-order valence-electron chi connectivity index (χ3n) is 4.94. The van der Waals surface area contributed by atoms with Crippen LogP contribution in [0, 0.1) is 0 Å². The molecule has 31 heavy (non-hydrogen) atoms. The van der Waals surface area contributed by atoms with Crippen molar-refractivity contribution in [2.45, 2.75) is 19.9 Å². The van der Waals surface area contributed by atoms with E-state index in [1.807, 2.05) is 37.3 Å². The van der Waals surface area contributed by atoms with Gasteiger partial charge in [0, 0.05) is 12.1 Å². The summed E-state index contributed by atoms with van der Waals surface area (Å²) in [5.41, 5.74) is 8.75. The molecule has 0 spiro atoms. The summed E-state index contributed by atoms with van der Waals surface area (Å²) in [5, 5.41) is 0. The van der Waals surface area contributed by atoms with Gasteiger partial charge in [0.1, 0.15) is 5.82 Å². The molecule has 0 fully saturated rings. The summed E-state index contributed by atoms with van der Waals surface area (Å²) < 4.78 is 2.15. The van der Waals surface area contributed by atoms with E-state index in [0.717, 1.165) is 15.8 Å². The van der Waals surface area contributed by atoms with Crippen molar-refractivity contribution in [2.75, 3.05) is 17.2 Å². The molecule has 0 atom stereocenters. The van der Waals surface area contributed by atoms with E-state index in [2.05, 4.69) is 9.97 Å². The smallest absolute Gasteiger partial charge is 0.330 e. The second-order valence-electron chi connectivity index (χ2n) is 7.06. The highest BCUT2D eigenvalue weighted by atomic mass is 32.1. The molecular weight excluding hydrogens is 414 g/mol. The molecule has 2 aromatic heterocycles. The molecule has 0 aliphatic carbocycles. The Morgan fingerprint density at radius 3 is 2.71 bits per heavy atom. The first-order valence-corrected chi connectivity index (χ1v) is 10.7. The van der Waals surface area contributed by atoms with E-state index in [1.165, 1.54) is 20.8 Å². The van der Waals surface area contributed by atoms with E-state index >= 15 is 0 Å². The number of benzene rings is 2. The van der Waals surface area contributed by atoms with Crippen LogP contribution < -0.4 is 21.9 Å². The average Bonchev–Trinajstić information content (AvgIpc) is 3.24. The number of hydrogen-bond acceptors (Lipinski definition) is 6. The predicted molar refractivity (Wildman–Crippen MR) is 123 cm³/mol. The van der Waals surface area contributed by atoms with Gasteiger partial charge in [-0.25, -0.2) is 9.78 Å². The van der Waals surface area contributed by atoms with Gasteiger partial charge in [-0.2, -0.15) is 0 Å². The number of rotatable bonds is 6. The van der Waals surface area contributed by atoms with Gasteiger partial charge in [0.25, 0.3) is 11.5 Å². The second kappa shape index (κ2) is 8.57. The van der Waals surface area contributed by atoms with Crippen LogP contribution in [-0.4, -0.2) is 27.0 Å². The summed E-state index contributed by atoms with van der Waals surface area (Å²) in [5.74, 6) is -0.405. The van der Waals surface area contributed by atoms with Gasteiger partial charge in [0.15, 0.2) is 5.69 Å². The zero-order valence-electron chi connectivity index (χ0n) is 16.9. The number of aromatic nitrogens is 3. The molecule has 9 heteroatoms. The zero-order valence-corrected chi connectivity index (χ0v) is 17.7. The van der Waals surface area contributed by atoms with Crippen LogP contribution in [-0.2, 0) is 6.54 Å². The van der Waals surface area contributed by atoms with Gasteiger partial charge in [-0.1, -0.05) is 37.3 Å². The van der Waals surface area contributed by atoms with E-state index in [0.29, 0.717) is 12.0 Å². The molecule has 2 aromatic carbocycles. The molecule has 8 nitrogen and oxygen atoms in total. The standard InChI is InChI=1S/C22H21N5O3S/c1-2-10-26(21(29)15-8-9-16-17(11-15)31-13-24-16)18-19(23)27(22(30)25-20(18)28)12-14-6-4-3-5-7-14/h3-9,11,13H,2,10,12,23H2,1H3,(H,25,28,30). The molecular formula is C22H21N5O3S. The number of aromatic amines is 1. The normalized spacial score (nSPS) is 11.0. The number of amides is 1. The number of thiazole rings is 1. The molecule has 0 aliphatic rings. The summed E-state index contributed by atoms with van der Waals surface area (Å²) in [6, 6.07) is 14.5. The van der Waals surface area contributed by atoms with Crippen LogP contribution in [0.1, 0.15) is 29.3 Å². The Balaban J connectivity index is 1.80. The SMILES string of the molecule is CCCN(C(=O)c1ccc2ncsc2c1)c1c(N)n(Cc2ccccc2)c(=O)[nH]c1=O. The number of nitrogen functional groups attached to an aromatic ring is 1. The molecule has 0 unspecified atom stereocenters. The predicted octanol–water partition coefficient (Wildman–Crippen LogP) is 2.83. The lowest BCUT2D eigenvalue weighted by Crippen LogP contribution is -2.41. The third kappa shape index (κ3) is 3.99. The lowest BCUT2D eigenvalue weighted by Gasteiger charge is -2.24. The number of fused-ring (bicyclic) bond motifs is 1. The molecule has 0 bridgehead atoms. The summed E-state index contributed by atoms with van der Waals surface area (Å²) >= 11 is 1.43. The Morgan fingerprint density at radius 1 is 1.19 bits per heavy atom. The molecule has 0 saturated carbocycles. The van der Waals surface area contributed by atoms with Crippen molar-refractivity contribution in [1.29, 1.82) is 0 Å². The van der Waals surface area contributed by atoms with Gasteiger partial charge in [-0.15, -0.1) is 11.3 Å². The minimum absolute atomic E-state index is 0.0215. The fourth-order valence-electron chi connectivity index (χ4n) is 3.44. The fourth-order valence-corrected chi connectivity index (χ4v) is 4.16. The number of H-pyrrole nitrogens is 1. The van der Waals surface area contributed by atoms with Crippen molar-refractivity contribution in [2.24, 2.45) is 0 Å². The van der Waals surface area contributed by atoms with Crippen molar-refractivity contribution in [3.8, 4) is 0 Å². The Bertz CT molecular complexity index is 1360. The Morgan fingerprint density at radius 2 is 1.97 bits per heavy atom. The van der Waals surface area contributed by atoms with E-state index in [9.17, 15) is 14.4 Å². The van der Waals surface area contributed by atoms with Gasteiger partial charge in [-0.05, 0) is 30.2 Å². The Hall–Kier alpha value is -3.72. The van der Waals surface area contributed by atoms with E-state index in [4.69, 9.17) is 5.73 Å². The third-order valence-corrected chi connectivity index (χ3v) is 5.73. The van der Waals surface area contributed by atoms with Crippen molar-refractivity contribution in [3.63, 3.8) is 0 Å². The van der Waals surface area contributed by atoms with Crippen LogP contribution in [0.5, 0.6) is 0 Å². The van der Waals surface area contributed by atoms with Crippen LogP contribution in [0.15, 0.2) is 63.6 Å². The Labute approximate surface area is 181 Å². The lowest BCUT2D eigenvalue weighted by atomic mass is 10.1. The van der Waals surface area contributed by atoms with Crippen molar-refractivity contribution in [1.82, 2.24) is 14.5 Å². The molecule has 0 saturated heterocycles. The highest BCUT2D eigenvalue weighted by Crippen LogP contribution is 2.24. The minimum Gasteiger partial charge on any atom is -0.383 e. The van der Waals surface area contributed by atoms with Crippen LogP contribution in [0.25, 0.3) is 10.2 Å². The number of anilines is 2. The van der Waals surface area contributed by atoms with Crippen LogP contribution in [0.3, 0.4) is 0 Å². The molecule has 3 N–H and O–H groups in total. The highest BCUT2D eigenvalue weighted by molar-refractivity contribution is 7.16. The van der Waals surface area contributed by atoms with Gasteiger partial charge in [0.2, 0.25) is 0 Å². The number of nitrogens with two attached hydrogens (primary N) is 1. The minimum atomic E-state index is -0.688. The van der Waals surface area contributed by atoms with E-state index in [1.54, 1.807) is 23.7 Å². The van der Waals surface area contributed by atoms with Gasteiger partial charge >= 0.3 is 5.69 Å². The van der Waals surface area contributed by atoms with E-state index < -0.39 is 11.2 Å². The molecule has 0 radical (unpaired) electrons. The van der Waals surface area contributed by atoms with Gasteiger partial charge in [-0.3, -0.25) is 19.1 Å². The topological polar surface area (TPSA) is 114 Å². The second-order valence-corrected chi connectivity index (χ2v) is 7.94. The van der Waals surface area contributed by atoms with E-state index in [-0.39, 0.29) is 30.5 Å². The zero-order chi connectivity index (χ0) is 22.0. The number of hydrogen-bond donors (Lipinski definition) is 2. The van der Waals surface area contributed by atoms with Gasteiger partial charge in [0.05, 0.1) is 22.3 Å².